The molecule has 1 atom stereocenters. The number of hydrogen-bond acceptors (Lipinski definition) is 4. The maximum absolute atomic E-state index is 11.9. The SMILES string of the molecule is CC(=O)N1c2ccc(-c3ccc(CC(=O)O)cc3)cc2CC[C@@H]1C.CC(C)OC(N)=O. The summed E-state index contributed by atoms with van der Waals surface area (Å²) in [5.41, 5.74) is 9.77. The van der Waals surface area contributed by atoms with Crippen LogP contribution in [0.25, 0.3) is 11.1 Å². The Labute approximate surface area is 182 Å². The van der Waals surface area contributed by atoms with Gasteiger partial charge in [-0.2, -0.15) is 0 Å². The fraction of sp³-hybridized carbons (Fsp3) is 0.375. The Morgan fingerprint density at radius 3 is 2.23 bits per heavy atom. The van der Waals surface area contributed by atoms with E-state index in [1.165, 1.54) is 5.56 Å². The van der Waals surface area contributed by atoms with Gasteiger partial charge in [-0.1, -0.05) is 30.3 Å². The van der Waals surface area contributed by atoms with E-state index in [1.807, 2.05) is 41.3 Å². The molecule has 0 saturated heterocycles. The molecule has 166 valence electrons. The Morgan fingerprint density at radius 2 is 1.74 bits per heavy atom. The van der Waals surface area contributed by atoms with Gasteiger partial charge >= 0.3 is 12.1 Å². The van der Waals surface area contributed by atoms with Crippen molar-refractivity contribution in [2.75, 3.05) is 4.90 Å². The van der Waals surface area contributed by atoms with E-state index in [2.05, 4.69) is 23.5 Å². The summed E-state index contributed by atoms with van der Waals surface area (Å²) >= 11 is 0. The molecule has 1 heterocycles. The number of carboxylic acids is 1. The second-order valence-corrected chi connectivity index (χ2v) is 7.87. The highest BCUT2D eigenvalue weighted by atomic mass is 16.6. The average Bonchev–Trinajstić information content (AvgIpc) is 2.67. The topological polar surface area (TPSA) is 110 Å². The number of rotatable bonds is 4. The van der Waals surface area contributed by atoms with Crippen molar-refractivity contribution >= 4 is 23.7 Å². The van der Waals surface area contributed by atoms with E-state index in [1.54, 1.807) is 20.8 Å². The fourth-order valence-electron chi connectivity index (χ4n) is 3.63. The van der Waals surface area contributed by atoms with E-state index >= 15 is 0 Å². The number of fused-ring (bicyclic) bond motifs is 1. The van der Waals surface area contributed by atoms with Gasteiger partial charge in [-0.05, 0) is 68.0 Å². The minimum absolute atomic E-state index is 0.0376. The largest absolute Gasteiger partial charge is 0.481 e. The number of amides is 2. The van der Waals surface area contributed by atoms with Gasteiger partial charge in [-0.25, -0.2) is 4.79 Å². The van der Waals surface area contributed by atoms with Crippen molar-refractivity contribution in [3.8, 4) is 11.1 Å². The molecule has 7 heteroatoms. The Morgan fingerprint density at radius 1 is 1.13 bits per heavy atom. The van der Waals surface area contributed by atoms with Crippen molar-refractivity contribution in [1.29, 1.82) is 0 Å². The number of carboxylic acid groups (broad SMARTS) is 1. The molecule has 2 amide bonds. The first-order chi connectivity index (χ1) is 14.6. The third kappa shape index (κ3) is 6.84. The lowest BCUT2D eigenvalue weighted by Gasteiger charge is -2.34. The fourth-order valence-corrected chi connectivity index (χ4v) is 3.63. The summed E-state index contributed by atoms with van der Waals surface area (Å²) in [4.78, 5) is 34.4. The molecular weight excluding hydrogens is 396 g/mol. The number of carbonyl (C=O) groups excluding carboxylic acids is 2. The highest BCUT2D eigenvalue weighted by Crippen LogP contribution is 2.34. The van der Waals surface area contributed by atoms with Crippen molar-refractivity contribution in [3.63, 3.8) is 0 Å². The van der Waals surface area contributed by atoms with Gasteiger partial charge in [0, 0.05) is 18.7 Å². The molecule has 0 spiro atoms. The normalized spacial score (nSPS) is 14.9. The molecule has 1 aliphatic rings. The summed E-state index contributed by atoms with van der Waals surface area (Å²) in [6, 6.07) is 14.0. The van der Waals surface area contributed by atoms with Crippen LogP contribution < -0.4 is 10.6 Å². The van der Waals surface area contributed by atoms with Crippen molar-refractivity contribution in [3.05, 3.63) is 53.6 Å². The molecule has 0 radical (unpaired) electrons. The van der Waals surface area contributed by atoms with Gasteiger partial charge in [-0.3, -0.25) is 9.59 Å². The highest BCUT2D eigenvalue weighted by molar-refractivity contribution is 5.94. The number of nitrogens with zero attached hydrogens (tertiary/aromatic N) is 1. The smallest absolute Gasteiger partial charge is 0.404 e. The van der Waals surface area contributed by atoms with Crippen molar-refractivity contribution < 1.29 is 24.2 Å². The summed E-state index contributed by atoms with van der Waals surface area (Å²) in [5, 5.41) is 8.84. The quantitative estimate of drug-likeness (QED) is 0.763. The monoisotopic (exact) mass is 426 g/mol. The summed E-state index contributed by atoms with van der Waals surface area (Å²) in [6.45, 7) is 7.18. The van der Waals surface area contributed by atoms with Crippen LogP contribution in [0, 0.1) is 0 Å². The van der Waals surface area contributed by atoms with Crippen molar-refractivity contribution in [1.82, 2.24) is 0 Å². The Bertz CT molecular complexity index is 937. The first-order valence-corrected chi connectivity index (χ1v) is 10.3. The van der Waals surface area contributed by atoms with Crippen LogP contribution in [0.15, 0.2) is 42.5 Å². The average molecular weight is 427 g/mol. The molecule has 0 fully saturated rings. The predicted octanol–water partition coefficient (Wildman–Crippen LogP) is 4.16. The van der Waals surface area contributed by atoms with Gasteiger partial charge in [0.2, 0.25) is 5.91 Å². The Balaban J connectivity index is 0.000000423. The lowest BCUT2D eigenvalue weighted by molar-refractivity contribution is -0.136. The third-order valence-corrected chi connectivity index (χ3v) is 4.94. The molecule has 0 aromatic heterocycles. The van der Waals surface area contributed by atoms with E-state index in [0.29, 0.717) is 0 Å². The number of anilines is 1. The maximum Gasteiger partial charge on any atom is 0.404 e. The van der Waals surface area contributed by atoms with Gasteiger partial charge in [-0.15, -0.1) is 0 Å². The number of primary amides is 1. The molecule has 0 unspecified atom stereocenters. The Kier molecular flexibility index (Phi) is 8.19. The molecule has 0 bridgehead atoms. The van der Waals surface area contributed by atoms with Crippen LogP contribution in [0.2, 0.25) is 0 Å². The van der Waals surface area contributed by atoms with Crippen LogP contribution >= 0.6 is 0 Å². The van der Waals surface area contributed by atoms with Crippen LogP contribution in [0.4, 0.5) is 10.5 Å². The minimum Gasteiger partial charge on any atom is -0.481 e. The zero-order valence-corrected chi connectivity index (χ0v) is 18.4. The molecule has 0 aliphatic carbocycles. The summed E-state index contributed by atoms with van der Waals surface area (Å²) in [5.74, 6) is -0.746. The van der Waals surface area contributed by atoms with E-state index in [4.69, 9.17) is 5.11 Å². The Hall–Kier alpha value is -3.35. The number of ether oxygens (including phenoxy) is 1. The first kappa shape index (κ1) is 23.9. The van der Waals surface area contributed by atoms with E-state index in [-0.39, 0.29) is 24.5 Å². The third-order valence-electron chi connectivity index (χ3n) is 4.94. The zero-order chi connectivity index (χ0) is 23.1. The lowest BCUT2D eigenvalue weighted by atomic mass is 9.93. The second-order valence-electron chi connectivity index (χ2n) is 7.87. The maximum atomic E-state index is 11.9. The number of benzene rings is 2. The van der Waals surface area contributed by atoms with Crippen LogP contribution in [-0.2, 0) is 27.2 Å². The molecule has 31 heavy (non-hydrogen) atoms. The first-order valence-electron chi connectivity index (χ1n) is 10.3. The van der Waals surface area contributed by atoms with Gasteiger partial charge in [0.1, 0.15) is 0 Å². The highest BCUT2D eigenvalue weighted by Gasteiger charge is 2.26. The molecular formula is C24H30N2O5. The van der Waals surface area contributed by atoms with E-state index < -0.39 is 12.1 Å². The number of aryl methyl sites for hydroxylation is 1. The predicted molar refractivity (Wildman–Crippen MR) is 120 cm³/mol. The summed E-state index contributed by atoms with van der Waals surface area (Å²) in [6.07, 6.45) is 1.15. The van der Waals surface area contributed by atoms with Crippen molar-refractivity contribution in [2.45, 2.75) is 59.1 Å². The second kappa shape index (κ2) is 10.6. The van der Waals surface area contributed by atoms with Crippen LogP contribution in [0.3, 0.4) is 0 Å². The lowest BCUT2D eigenvalue weighted by Crippen LogP contribution is -2.40. The molecule has 7 nitrogen and oxygen atoms in total. The van der Waals surface area contributed by atoms with E-state index in [0.717, 1.165) is 35.2 Å². The molecule has 3 rings (SSSR count). The number of hydrogen-bond donors (Lipinski definition) is 2. The van der Waals surface area contributed by atoms with Crippen LogP contribution in [-0.4, -0.2) is 35.2 Å². The van der Waals surface area contributed by atoms with Crippen LogP contribution in [0.5, 0.6) is 0 Å². The standard InChI is InChI=1S/C20H21NO3.C4H9NO2/c1-13-3-6-18-12-17(9-10-19(18)21(13)14(2)22)16-7-4-15(5-8-16)11-20(23)24;1-3(2)7-4(5)6/h4-5,7-10,12-13H,3,6,11H2,1-2H3,(H,23,24);3H,1-2H3,(H2,5,6)/t13-;/m0./s1. The number of aliphatic carboxylic acids is 1. The van der Waals surface area contributed by atoms with Gasteiger partial charge in [0.05, 0.1) is 12.5 Å². The molecule has 3 N–H and O–H groups in total. The van der Waals surface area contributed by atoms with Crippen molar-refractivity contribution in [2.24, 2.45) is 5.73 Å². The van der Waals surface area contributed by atoms with E-state index in [9.17, 15) is 14.4 Å². The van der Waals surface area contributed by atoms with Crippen LogP contribution in [0.1, 0.15) is 45.2 Å². The summed E-state index contributed by atoms with van der Waals surface area (Å²) in [7, 11) is 0. The molecule has 2 aromatic rings. The number of nitrogens with two attached hydrogens (primary N) is 1. The van der Waals surface area contributed by atoms with Gasteiger partial charge in [0.25, 0.3) is 0 Å². The van der Waals surface area contributed by atoms with Gasteiger partial charge < -0.3 is 20.5 Å². The zero-order valence-electron chi connectivity index (χ0n) is 18.4. The minimum atomic E-state index is -0.824. The number of carbonyl (C=O) groups is 3. The summed E-state index contributed by atoms with van der Waals surface area (Å²) < 4.78 is 4.39. The molecule has 2 aromatic carbocycles. The molecule has 0 saturated carbocycles. The molecule has 1 aliphatic heterocycles. The van der Waals surface area contributed by atoms with Gasteiger partial charge in [0.15, 0.2) is 0 Å².